The Hall–Kier alpha value is -0.830. The fourth-order valence-corrected chi connectivity index (χ4v) is 0.892. The van der Waals surface area contributed by atoms with Gasteiger partial charge in [-0.3, -0.25) is 0 Å². The first-order chi connectivity index (χ1) is 6.39. The second kappa shape index (κ2) is 5.81. The predicted molar refractivity (Wildman–Crippen MR) is 57.6 cm³/mol. The summed E-state index contributed by atoms with van der Waals surface area (Å²) >= 11 is 0. The number of hydrogen-bond acceptors (Lipinski definition) is 2. The van der Waals surface area contributed by atoms with Gasteiger partial charge in [-0.15, -0.1) is 0 Å². The van der Waals surface area contributed by atoms with Crippen molar-refractivity contribution in [1.29, 1.82) is 0 Å². The lowest BCUT2D eigenvalue weighted by Crippen LogP contribution is -2.40. The molecule has 0 aliphatic carbocycles. The van der Waals surface area contributed by atoms with Crippen LogP contribution in [-0.4, -0.2) is 44.2 Å². The van der Waals surface area contributed by atoms with E-state index in [4.69, 9.17) is 4.74 Å². The van der Waals surface area contributed by atoms with Gasteiger partial charge in [-0.05, 0) is 6.92 Å². The Morgan fingerprint density at radius 2 is 2.00 bits per heavy atom. The highest BCUT2D eigenvalue weighted by molar-refractivity contribution is 5.86. The fourth-order valence-electron chi connectivity index (χ4n) is 0.892. The van der Waals surface area contributed by atoms with Gasteiger partial charge in [-0.2, -0.15) is 0 Å². The molecule has 0 rings (SSSR count). The lowest BCUT2D eigenvalue weighted by molar-refractivity contribution is -0.885. The number of quaternary nitrogens is 1. The predicted octanol–water partition coefficient (Wildman–Crippen LogP) is 1.41. The van der Waals surface area contributed by atoms with E-state index in [-0.39, 0.29) is 5.97 Å². The maximum Gasteiger partial charge on any atom is 0.333 e. The summed E-state index contributed by atoms with van der Waals surface area (Å²) in [7, 11) is 4.21. The first kappa shape index (κ1) is 13.2. The minimum absolute atomic E-state index is 0.301. The monoisotopic (exact) mass is 199 g/mol. The summed E-state index contributed by atoms with van der Waals surface area (Å²) in [6.45, 7) is 11.3. The Balaban J connectivity index is 3.57. The van der Waals surface area contributed by atoms with Crippen LogP contribution in [0.15, 0.2) is 12.2 Å². The molecule has 14 heavy (non-hydrogen) atoms. The third-order valence-electron chi connectivity index (χ3n) is 2.09. The van der Waals surface area contributed by atoms with Gasteiger partial charge in [0.2, 0.25) is 0 Å². The summed E-state index contributed by atoms with van der Waals surface area (Å²) in [5.74, 6) is -0.301. The van der Waals surface area contributed by atoms with E-state index in [1.807, 2.05) is 0 Å². The molecule has 0 fully saturated rings. The zero-order valence-electron chi connectivity index (χ0n) is 9.51. The molecule has 0 aromatic carbocycles. The molecule has 3 heteroatoms. The number of carbonyl (C=O) groups is 1. The van der Waals surface area contributed by atoms with Crippen LogP contribution in [0.2, 0.25) is 0 Å². The molecule has 0 aromatic heterocycles. The van der Waals surface area contributed by atoms with Crippen molar-refractivity contribution in [3.63, 3.8) is 0 Å². The molecule has 0 aliphatic rings. The summed E-state index contributed by atoms with van der Waals surface area (Å²) in [4.78, 5) is 11.0. The molecule has 0 aliphatic heterocycles. The molecule has 1 radical (unpaired) electrons. The summed E-state index contributed by atoms with van der Waals surface area (Å²) in [5.41, 5.74) is 0.455. The van der Waals surface area contributed by atoms with Crippen molar-refractivity contribution in [1.82, 2.24) is 0 Å². The van der Waals surface area contributed by atoms with Gasteiger partial charge in [0.25, 0.3) is 0 Å². The summed E-state index contributed by atoms with van der Waals surface area (Å²) < 4.78 is 5.83. The van der Waals surface area contributed by atoms with Gasteiger partial charge in [0.05, 0.1) is 33.8 Å². The van der Waals surface area contributed by atoms with Crippen LogP contribution in [0.4, 0.5) is 0 Å². The van der Waals surface area contributed by atoms with Crippen molar-refractivity contribution in [2.75, 3.05) is 33.8 Å². The highest BCUT2D eigenvalue weighted by Crippen LogP contribution is 1.99. The minimum atomic E-state index is -0.301. The third-order valence-corrected chi connectivity index (χ3v) is 2.09. The Morgan fingerprint density at radius 3 is 2.43 bits per heavy atom. The van der Waals surface area contributed by atoms with E-state index in [1.165, 1.54) is 0 Å². The second-order valence-corrected chi connectivity index (χ2v) is 4.15. The average molecular weight is 199 g/mol. The third kappa shape index (κ3) is 5.75. The second-order valence-electron chi connectivity index (χ2n) is 4.15. The minimum Gasteiger partial charge on any atom is -0.462 e. The number of carbonyl (C=O) groups excluding carboxylic acids is 1. The standard InChI is InChI=1S/C11H21NO2/c1-6-12(4,5)8-7-9-14-11(13)10(2)3/h1-2,6-9H2,3-5H3/q+1. The Kier molecular flexibility index (Phi) is 5.46. The zero-order chi connectivity index (χ0) is 11.2. The topological polar surface area (TPSA) is 26.3 Å². The lowest BCUT2D eigenvalue weighted by Gasteiger charge is -2.27. The molecule has 0 heterocycles. The fraction of sp³-hybridized carbons (Fsp3) is 0.636. The van der Waals surface area contributed by atoms with E-state index < -0.39 is 0 Å². The summed E-state index contributed by atoms with van der Waals surface area (Å²) in [6.07, 6.45) is 0.863. The van der Waals surface area contributed by atoms with E-state index in [0.29, 0.717) is 12.2 Å². The van der Waals surface area contributed by atoms with Gasteiger partial charge in [0.1, 0.15) is 0 Å². The van der Waals surface area contributed by atoms with E-state index in [9.17, 15) is 4.79 Å². The molecular weight excluding hydrogens is 178 g/mol. The average Bonchev–Trinajstić information content (AvgIpc) is 2.12. The van der Waals surface area contributed by atoms with Gasteiger partial charge < -0.3 is 9.22 Å². The smallest absolute Gasteiger partial charge is 0.333 e. The number of ether oxygens (including phenoxy) is 1. The Labute approximate surface area is 86.9 Å². The lowest BCUT2D eigenvalue weighted by atomic mass is 10.3. The van der Waals surface area contributed by atoms with Gasteiger partial charge in [-0.1, -0.05) is 6.58 Å². The molecule has 0 unspecified atom stereocenters. The number of nitrogens with zero attached hydrogens (tertiary/aromatic N) is 1. The van der Waals surface area contributed by atoms with Crippen LogP contribution in [-0.2, 0) is 9.53 Å². The maximum atomic E-state index is 11.0. The normalized spacial score (nSPS) is 11.1. The van der Waals surface area contributed by atoms with Crippen molar-refractivity contribution in [2.24, 2.45) is 0 Å². The number of esters is 1. The summed E-state index contributed by atoms with van der Waals surface area (Å²) in [6, 6.07) is 0. The number of hydrogen-bond donors (Lipinski definition) is 0. The van der Waals surface area contributed by atoms with Crippen molar-refractivity contribution in [2.45, 2.75) is 13.3 Å². The van der Waals surface area contributed by atoms with Crippen LogP contribution in [0.3, 0.4) is 0 Å². The quantitative estimate of drug-likeness (QED) is 0.280. The summed E-state index contributed by atoms with van der Waals surface area (Å²) in [5, 5.41) is 0. The Bertz CT molecular complexity index is 209. The molecule has 81 valence electrons. The molecule has 0 atom stereocenters. The molecule has 3 nitrogen and oxygen atoms in total. The first-order valence-electron chi connectivity index (χ1n) is 4.83. The largest absolute Gasteiger partial charge is 0.462 e. The number of rotatable bonds is 6. The SMILES string of the molecule is [CH2]C[N+](C)(C)CCCOC(=O)C(=C)C. The van der Waals surface area contributed by atoms with Gasteiger partial charge >= 0.3 is 5.97 Å². The molecule has 0 amide bonds. The van der Waals surface area contributed by atoms with Crippen LogP contribution in [0, 0.1) is 6.92 Å². The molecule has 0 saturated carbocycles. The first-order valence-corrected chi connectivity index (χ1v) is 4.83. The molecule has 0 aromatic rings. The highest BCUT2D eigenvalue weighted by Gasteiger charge is 2.11. The van der Waals surface area contributed by atoms with Gasteiger partial charge in [-0.25, -0.2) is 4.79 Å². The van der Waals surface area contributed by atoms with E-state index in [2.05, 4.69) is 27.6 Å². The highest BCUT2D eigenvalue weighted by atomic mass is 16.5. The van der Waals surface area contributed by atoms with Crippen molar-refractivity contribution < 1.29 is 14.0 Å². The maximum absolute atomic E-state index is 11.0. The van der Waals surface area contributed by atoms with E-state index >= 15 is 0 Å². The van der Waals surface area contributed by atoms with Crippen molar-refractivity contribution in [3.8, 4) is 0 Å². The van der Waals surface area contributed by atoms with Crippen LogP contribution >= 0.6 is 0 Å². The van der Waals surface area contributed by atoms with E-state index in [1.54, 1.807) is 6.92 Å². The van der Waals surface area contributed by atoms with Gasteiger partial charge in [0, 0.05) is 18.9 Å². The van der Waals surface area contributed by atoms with Crippen molar-refractivity contribution >= 4 is 5.97 Å². The van der Waals surface area contributed by atoms with Crippen LogP contribution in [0.1, 0.15) is 13.3 Å². The zero-order valence-corrected chi connectivity index (χ0v) is 9.51. The van der Waals surface area contributed by atoms with E-state index in [0.717, 1.165) is 24.0 Å². The van der Waals surface area contributed by atoms with Crippen LogP contribution in [0.25, 0.3) is 0 Å². The Morgan fingerprint density at radius 1 is 1.43 bits per heavy atom. The molecule has 0 bridgehead atoms. The molecular formula is C11H21NO2+. The van der Waals surface area contributed by atoms with Crippen LogP contribution < -0.4 is 0 Å². The molecule has 0 saturated heterocycles. The van der Waals surface area contributed by atoms with Gasteiger partial charge in [0.15, 0.2) is 0 Å². The molecule has 0 spiro atoms. The molecule has 0 N–H and O–H groups in total. The van der Waals surface area contributed by atoms with Crippen molar-refractivity contribution in [3.05, 3.63) is 19.1 Å². The van der Waals surface area contributed by atoms with Crippen LogP contribution in [0.5, 0.6) is 0 Å².